The predicted molar refractivity (Wildman–Crippen MR) is 115 cm³/mol. The number of halogens is 2. The van der Waals surface area contributed by atoms with E-state index in [1.54, 1.807) is 17.4 Å². The topological polar surface area (TPSA) is 26.0 Å². The van der Waals surface area contributed by atoms with E-state index in [4.69, 9.17) is 27.6 Å². The van der Waals surface area contributed by atoms with Crippen LogP contribution in [0.25, 0.3) is 34.7 Å². The summed E-state index contributed by atoms with van der Waals surface area (Å²) in [6.45, 7) is 2.08. The first-order valence-electron chi connectivity index (χ1n) is 8.35. The van der Waals surface area contributed by atoms with Crippen molar-refractivity contribution in [2.45, 2.75) is 6.92 Å². The van der Waals surface area contributed by atoms with Crippen molar-refractivity contribution in [3.05, 3.63) is 86.4 Å². The molecule has 0 bridgehead atoms. The van der Waals surface area contributed by atoms with Crippen LogP contribution in [0.15, 0.2) is 64.4 Å². The first kappa shape index (κ1) is 18.1. The maximum Gasteiger partial charge on any atom is 0.136 e. The molecule has 0 saturated carbocycles. The third-order valence-corrected chi connectivity index (χ3v) is 5.73. The highest BCUT2D eigenvalue weighted by Crippen LogP contribution is 2.34. The molecule has 0 aliphatic heterocycles. The van der Waals surface area contributed by atoms with Crippen molar-refractivity contribution >= 4 is 46.7 Å². The summed E-state index contributed by atoms with van der Waals surface area (Å²) >= 11 is 13.9. The van der Waals surface area contributed by atoms with E-state index < -0.39 is 0 Å². The monoisotopic (exact) mass is 411 g/mol. The van der Waals surface area contributed by atoms with Crippen LogP contribution in [0, 0.1) is 6.92 Å². The highest BCUT2D eigenvalue weighted by atomic mass is 35.5. The van der Waals surface area contributed by atoms with Gasteiger partial charge >= 0.3 is 0 Å². The predicted octanol–water partition coefficient (Wildman–Crippen LogP) is 7.86. The van der Waals surface area contributed by atoms with E-state index in [1.807, 2.05) is 36.4 Å². The lowest BCUT2D eigenvalue weighted by molar-refractivity contribution is 0.572. The standard InChI is InChI=1S/C22H15Cl2NOS/c1-14-5-7-15(8-6-14)19-13-27-21(25-19)12-10-16-9-11-20(26-16)17-3-2-4-18(23)22(17)24/h2-13H,1H3. The Labute approximate surface area is 171 Å². The molecule has 0 aliphatic rings. The van der Waals surface area contributed by atoms with Gasteiger partial charge in [0.15, 0.2) is 0 Å². The van der Waals surface area contributed by atoms with Gasteiger partial charge in [-0.2, -0.15) is 0 Å². The molecular weight excluding hydrogens is 397 g/mol. The fourth-order valence-corrected chi connectivity index (χ4v) is 3.77. The molecule has 0 saturated heterocycles. The molecule has 2 aromatic heterocycles. The molecular formula is C22H15Cl2NOS. The minimum atomic E-state index is 0.492. The summed E-state index contributed by atoms with van der Waals surface area (Å²) in [5.74, 6) is 1.41. The van der Waals surface area contributed by atoms with Gasteiger partial charge in [0.25, 0.3) is 0 Å². The lowest BCUT2D eigenvalue weighted by Gasteiger charge is -2.01. The average molecular weight is 412 g/mol. The molecule has 0 unspecified atom stereocenters. The number of rotatable bonds is 4. The van der Waals surface area contributed by atoms with Crippen molar-refractivity contribution in [2.24, 2.45) is 0 Å². The summed E-state index contributed by atoms with van der Waals surface area (Å²) in [7, 11) is 0. The summed E-state index contributed by atoms with van der Waals surface area (Å²) in [5.41, 5.74) is 4.11. The summed E-state index contributed by atoms with van der Waals surface area (Å²) in [6.07, 6.45) is 3.85. The molecule has 0 radical (unpaired) electrons. The molecule has 0 fully saturated rings. The van der Waals surface area contributed by atoms with Gasteiger partial charge in [-0.1, -0.05) is 59.1 Å². The Bertz CT molecular complexity index is 1110. The largest absolute Gasteiger partial charge is 0.457 e. The zero-order valence-electron chi connectivity index (χ0n) is 14.4. The Morgan fingerprint density at radius 3 is 2.59 bits per heavy atom. The molecule has 0 N–H and O–H groups in total. The molecule has 5 heteroatoms. The maximum absolute atomic E-state index is 6.26. The normalized spacial score (nSPS) is 11.4. The number of hydrogen-bond donors (Lipinski definition) is 0. The highest BCUT2D eigenvalue weighted by molar-refractivity contribution is 7.10. The van der Waals surface area contributed by atoms with Gasteiger partial charge in [0.05, 0.1) is 15.7 Å². The van der Waals surface area contributed by atoms with Crippen molar-refractivity contribution in [3.8, 4) is 22.6 Å². The zero-order chi connectivity index (χ0) is 18.8. The van der Waals surface area contributed by atoms with Gasteiger partial charge in [0.2, 0.25) is 0 Å². The van der Waals surface area contributed by atoms with Gasteiger partial charge in [-0.05, 0) is 43.3 Å². The summed E-state index contributed by atoms with van der Waals surface area (Å²) in [5, 5.41) is 3.98. The van der Waals surface area contributed by atoms with Crippen LogP contribution in [0.4, 0.5) is 0 Å². The molecule has 27 heavy (non-hydrogen) atoms. The van der Waals surface area contributed by atoms with Gasteiger partial charge in [-0.15, -0.1) is 11.3 Å². The van der Waals surface area contributed by atoms with Crippen LogP contribution >= 0.6 is 34.5 Å². The minimum Gasteiger partial charge on any atom is -0.457 e. The fourth-order valence-electron chi connectivity index (χ4n) is 2.66. The first-order valence-corrected chi connectivity index (χ1v) is 9.98. The Hall–Kier alpha value is -2.33. The van der Waals surface area contributed by atoms with Crippen LogP contribution in [0.5, 0.6) is 0 Å². The van der Waals surface area contributed by atoms with E-state index in [-0.39, 0.29) is 0 Å². The van der Waals surface area contributed by atoms with E-state index >= 15 is 0 Å². The third-order valence-electron chi connectivity index (χ3n) is 4.10. The number of thiazole rings is 1. The van der Waals surface area contributed by atoms with Crippen molar-refractivity contribution in [1.82, 2.24) is 4.98 Å². The Morgan fingerprint density at radius 1 is 0.963 bits per heavy atom. The second-order valence-electron chi connectivity index (χ2n) is 6.07. The van der Waals surface area contributed by atoms with E-state index in [9.17, 15) is 0 Å². The van der Waals surface area contributed by atoms with Crippen molar-refractivity contribution in [1.29, 1.82) is 0 Å². The third kappa shape index (κ3) is 4.01. The lowest BCUT2D eigenvalue weighted by atomic mass is 10.1. The molecule has 2 aromatic carbocycles. The smallest absolute Gasteiger partial charge is 0.136 e. The molecule has 2 nitrogen and oxygen atoms in total. The molecule has 2 heterocycles. The van der Waals surface area contributed by atoms with E-state index in [0.717, 1.165) is 27.6 Å². The SMILES string of the molecule is Cc1ccc(-c2csc(C=Cc3ccc(-c4cccc(Cl)c4Cl)o3)n2)cc1. The quantitative estimate of drug-likeness (QED) is 0.341. The first-order chi connectivity index (χ1) is 13.1. The number of nitrogens with zero attached hydrogens (tertiary/aromatic N) is 1. The highest BCUT2D eigenvalue weighted by Gasteiger charge is 2.10. The summed E-state index contributed by atoms with van der Waals surface area (Å²) < 4.78 is 5.88. The molecule has 4 aromatic rings. The second kappa shape index (κ2) is 7.73. The minimum absolute atomic E-state index is 0.492. The fraction of sp³-hybridized carbons (Fsp3) is 0.0455. The van der Waals surface area contributed by atoms with Crippen LogP contribution < -0.4 is 0 Å². The summed E-state index contributed by atoms with van der Waals surface area (Å²) in [4.78, 5) is 4.67. The molecule has 4 rings (SSSR count). The van der Waals surface area contributed by atoms with Crippen LogP contribution in [-0.2, 0) is 0 Å². The number of aromatic nitrogens is 1. The van der Waals surface area contributed by atoms with Gasteiger partial charge in [-0.25, -0.2) is 4.98 Å². The Kier molecular flexibility index (Phi) is 5.17. The van der Waals surface area contributed by atoms with Crippen molar-refractivity contribution in [2.75, 3.05) is 0 Å². The van der Waals surface area contributed by atoms with Gasteiger partial charge in [0, 0.05) is 16.5 Å². The second-order valence-corrected chi connectivity index (χ2v) is 7.75. The van der Waals surface area contributed by atoms with Crippen LogP contribution in [0.2, 0.25) is 10.0 Å². The van der Waals surface area contributed by atoms with Crippen LogP contribution in [-0.4, -0.2) is 4.98 Å². The number of benzene rings is 2. The van der Waals surface area contributed by atoms with E-state index in [1.165, 1.54) is 5.56 Å². The Morgan fingerprint density at radius 2 is 1.78 bits per heavy atom. The van der Waals surface area contributed by atoms with Gasteiger partial charge < -0.3 is 4.42 Å². The average Bonchev–Trinajstić information content (AvgIpc) is 3.32. The van der Waals surface area contributed by atoms with Crippen molar-refractivity contribution < 1.29 is 4.42 Å². The van der Waals surface area contributed by atoms with Crippen molar-refractivity contribution in [3.63, 3.8) is 0 Å². The molecule has 0 spiro atoms. The Balaban J connectivity index is 1.53. The van der Waals surface area contributed by atoms with Crippen LogP contribution in [0.3, 0.4) is 0 Å². The number of aryl methyl sites for hydroxylation is 1. The number of hydrogen-bond acceptors (Lipinski definition) is 3. The summed E-state index contributed by atoms with van der Waals surface area (Å²) in [6, 6.07) is 17.6. The van der Waals surface area contributed by atoms with Gasteiger partial charge in [0.1, 0.15) is 16.5 Å². The zero-order valence-corrected chi connectivity index (χ0v) is 16.8. The maximum atomic E-state index is 6.26. The van der Waals surface area contributed by atoms with Crippen LogP contribution in [0.1, 0.15) is 16.3 Å². The lowest BCUT2D eigenvalue weighted by Crippen LogP contribution is -1.78. The number of furan rings is 1. The molecule has 0 amide bonds. The van der Waals surface area contributed by atoms with E-state index in [0.29, 0.717) is 15.8 Å². The molecule has 134 valence electrons. The molecule has 0 aliphatic carbocycles. The molecule has 0 atom stereocenters. The van der Waals surface area contributed by atoms with Gasteiger partial charge in [-0.3, -0.25) is 0 Å². The van der Waals surface area contributed by atoms with E-state index in [2.05, 4.69) is 41.6 Å².